The number of rotatable bonds is 4. The number of fused-ring (bicyclic) bond motifs is 2. The van der Waals surface area contributed by atoms with E-state index in [-0.39, 0.29) is 11.9 Å². The van der Waals surface area contributed by atoms with Crippen molar-refractivity contribution in [2.75, 3.05) is 19.4 Å². The third-order valence-electron chi connectivity index (χ3n) is 6.79. The van der Waals surface area contributed by atoms with Gasteiger partial charge < -0.3 is 20.4 Å². The van der Waals surface area contributed by atoms with E-state index in [1.54, 1.807) is 13.3 Å². The number of likely N-dealkylation sites (tertiary alicyclic amines) is 1. The van der Waals surface area contributed by atoms with Crippen LogP contribution in [0.1, 0.15) is 41.5 Å². The normalized spacial score (nSPS) is 16.1. The second kappa shape index (κ2) is 8.47. The molecule has 3 N–H and O–H groups in total. The van der Waals surface area contributed by atoms with Crippen molar-refractivity contribution in [1.82, 2.24) is 24.3 Å². The van der Waals surface area contributed by atoms with Crippen LogP contribution in [0, 0.1) is 0 Å². The molecule has 2 aromatic carbocycles. The molecule has 1 unspecified atom stereocenters. The molecule has 3 aromatic heterocycles. The molecule has 5 aromatic rings. The molecule has 1 fully saturated rings. The van der Waals surface area contributed by atoms with Crippen LogP contribution in [0.25, 0.3) is 27.8 Å². The number of carbonyl (C=O) groups excluding carboxylic acids is 1. The number of imidazole rings is 1. The van der Waals surface area contributed by atoms with Gasteiger partial charge in [-0.25, -0.2) is 9.97 Å². The van der Waals surface area contributed by atoms with Gasteiger partial charge in [0, 0.05) is 35.4 Å². The summed E-state index contributed by atoms with van der Waals surface area (Å²) < 4.78 is 7.25. The molecule has 0 bridgehead atoms. The highest BCUT2D eigenvalue weighted by atomic mass is 16.5. The van der Waals surface area contributed by atoms with Crippen molar-refractivity contribution in [3.8, 4) is 17.1 Å². The summed E-state index contributed by atoms with van der Waals surface area (Å²) >= 11 is 0. The first-order valence-electron chi connectivity index (χ1n) is 11.8. The Kier molecular flexibility index (Phi) is 5.13. The number of hydrogen-bond donors (Lipinski definition) is 2. The number of amides is 1. The fraction of sp³-hybridized carbons (Fsp3) is 0.222. The minimum Gasteiger partial charge on any atom is -0.497 e. The lowest BCUT2D eigenvalue weighted by Crippen LogP contribution is -2.39. The maximum absolute atomic E-state index is 13.6. The van der Waals surface area contributed by atoms with Crippen LogP contribution < -0.4 is 10.5 Å². The van der Waals surface area contributed by atoms with Gasteiger partial charge in [-0.05, 0) is 55.7 Å². The van der Waals surface area contributed by atoms with Gasteiger partial charge in [0.15, 0.2) is 0 Å². The Morgan fingerprint density at radius 1 is 1.14 bits per heavy atom. The molecule has 1 atom stereocenters. The first kappa shape index (κ1) is 21.2. The monoisotopic (exact) mass is 466 g/mol. The van der Waals surface area contributed by atoms with Gasteiger partial charge in [0.1, 0.15) is 28.6 Å². The third-order valence-corrected chi connectivity index (χ3v) is 6.79. The van der Waals surface area contributed by atoms with Crippen molar-refractivity contribution in [2.45, 2.75) is 25.3 Å². The number of H-pyrrole nitrogens is 1. The average Bonchev–Trinajstić information content (AvgIpc) is 3.51. The van der Waals surface area contributed by atoms with Crippen LogP contribution in [0.5, 0.6) is 5.75 Å². The number of piperidine rings is 1. The second-order valence-corrected chi connectivity index (χ2v) is 8.86. The highest BCUT2D eigenvalue weighted by Gasteiger charge is 2.33. The van der Waals surface area contributed by atoms with Crippen LogP contribution in [-0.2, 0) is 0 Å². The van der Waals surface area contributed by atoms with Gasteiger partial charge in [-0.1, -0.05) is 18.2 Å². The lowest BCUT2D eigenvalue weighted by atomic mass is 10.00. The van der Waals surface area contributed by atoms with Gasteiger partial charge in [-0.3, -0.25) is 9.20 Å². The van der Waals surface area contributed by atoms with E-state index >= 15 is 0 Å². The summed E-state index contributed by atoms with van der Waals surface area (Å²) in [4.78, 5) is 28.4. The van der Waals surface area contributed by atoms with E-state index in [1.165, 1.54) is 0 Å². The standard InChI is InChI=1S/C27H26N6O2/c1-35-19-11-9-17(10-12-19)27(34)32-14-5-4-8-22(32)26-31-23(24-25(28)29-13-15-33(24)26)21-16-18-6-2-3-7-20(18)30-21/h2-3,6-7,9-13,15-16,22,30H,4-5,8,14H2,1H3,(H2,28,29). The topological polar surface area (TPSA) is 102 Å². The molecule has 0 radical (unpaired) electrons. The molecular formula is C27H26N6O2. The van der Waals surface area contributed by atoms with Crippen LogP contribution in [0.3, 0.4) is 0 Å². The Morgan fingerprint density at radius 3 is 2.77 bits per heavy atom. The molecule has 1 aliphatic rings. The van der Waals surface area contributed by atoms with Gasteiger partial charge in [0.25, 0.3) is 5.91 Å². The molecule has 4 heterocycles. The van der Waals surface area contributed by atoms with Crippen molar-refractivity contribution < 1.29 is 9.53 Å². The number of nitrogens with one attached hydrogen (secondary N) is 1. The highest BCUT2D eigenvalue weighted by molar-refractivity contribution is 5.95. The predicted octanol–water partition coefficient (Wildman–Crippen LogP) is 4.84. The van der Waals surface area contributed by atoms with E-state index in [0.29, 0.717) is 17.9 Å². The first-order valence-corrected chi connectivity index (χ1v) is 11.8. The van der Waals surface area contributed by atoms with Gasteiger partial charge in [0.05, 0.1) is 18.8 Å². The minimum absolute atomic E-state index is 0.0108. The Morgan fingerprint density at radius 2 is 1.97 bits per heavy atom. The fourth-order valence-electron chi connectivity index (χ4n) is 5.05. The van der Waals surface area contributed by atoms with Crippen molar-refractivity contribution in [3.05, 3.63) is 78.4 Å². The van der Waals surface area contributed by atoms with E-state index in [0.717, 1.165) is 58.6 Å². The summed E-state index contributed by atoms with van der Waals surface area (Å²) in [6, 6.07) is 17.3. The quantitative estimate of drug-likeness (QED) is 0.395. The Bertz CT molecular complexity index is 1500. The van der Waals surface area contributed by atoms with Crippen molar-refractivity contribution in [1.29, 1.82) is 0 Å². The Balaban J connectivity index is 1.46. The molecule has 8 nitrogen and oxygen atoms in total. The van der Waals surface area contributed by atoms with Gasteiger partial charge in [-0.15, -0.1) is 0 Å². The number of carbonyl (C=O) groups is 1. The van der Waals surface area contributed by atoms with E-state index in [4.69, 9.17) is 15.5 Å². The van der Waals surface area contributed by atoms with Crippen molar-refractivity contribution >= 4 is 28.1 Å². The lowest BCUT2D eigenvalue weighted by molar-refractivity contribution is 0.0599. The average molecular weight is 467 g/mol. The van der Waals surface area contributed by atoms with Crippen LogP contribution in [0.2, 0.25) is 0 Å². The summed E-state index contributed by atoms with van der Waals surface area (Å²) in [5.41, 5.74) is 10.4. The number of hydrogen-bond acceptors (Lipinski definition) is 5. The Hall–Kier alpha value is -4.33. The molecule has 1 amide bonds. The zero-order chi connectivity index (χ0) is 23.9. The predicted molar refractivity (Wildman–Crippen MR) is 135 cm³/mol. The number of anilines is 1. The Labute approximate surface area is 202 Å². The molecule has 176 valence electrons. The van der Waals surface area contributed by atoms with Crippen LogP contribution >= 0.6 is 0 Å². The summed E-state index contributed by atoms with van der Waals surface area (Å²) in [6.45, 7) is 0.673. The fourth-order valence-corrected chi connectivity index (χ4v) is 5.05. The van der Waals surface area contributed by atoms with Crippen LogP contribution in [0.4, 0.5) is 5.82 Å². The lowest BCUT2D eigenvalue weighted by Gasteiger charge is -2.35. The van der Waals surface area contributed by atoms with Gasteiger partial charge >= 0.3 is 0 Å². The number of aromatic amines is 1. The summed E-state index contributed by atoms with van der Waals surface area (Å²) in [5, 5.41) is 1.10. The molecule has 0 aliphatic carbocycles. The number of methoxy groups -OCH3 is 1. The van der Waals surface area contributed by atoms with E-state index < -0.39 is 0 Å². The molecule has 1 aliphatic heterocycles. The van der Waals surface area contributed by atoms with E-state index in [1.807, 2.05) is 58.0 Å². The maximum atomic E-state index is 13.6. The second-order valence-electron chi connectivity index (χ2n) is 8.86. The number of ether oxygens (including phenoxy) is 1. The summed E-state index contributed by atoms with van der Waals surface area (Å²) in [5.74, 6) is 1.92. The van der Waals surface area contributed by atoms with Crippen molar-refractivity contribution in [3.63, 3.8) is 0 Å². The van der Waals surface area contributed by atoms with Gasteiger partial charge in [0.2, 0.25) is 0 Å². The van der Waals surface area contributed by atoms with Crippen molar-refractivity contribution in [2.24, 2.45) is 0 Å². The highest BCUT2D eigenvalue weighted by Crippen LogP contribution is 2.37. The summed E-state index contributed by atoms with van der Waals surface area (Å²) in [6.07, 6.45) is 6.37. The minimum atomic E-state index is -0.175. The molecular weight excluding hydrogens is 440 g/mol. The number of para-hydroxylation sites is 1. The SMILES string of the molecule is COc1ccc(C(=O)N2CCCCC2c2nc(-c3cc4ccccc4[nH]3)c3c(N)nccn23)cc1. The molecule has 8 heteroatoms. The maximum Gasteiger partial charge on any atom is 0.254 e. The zero-order valence-corrected chi connectivity index (χ0v) is 19.4. The van der Waals surface area contributed by atoms with E-state index in [2.05, 4.69) is 22.1 Å². The van der Waals surface area contributed by atoms with E-state index in [9.17, 15) is 4.79 Å². The number of nitrogens with zero attached hydrogens (tertiary/aromatic N) is 4. The molecule has 6 rings (SSSR count). The molecule has 35 heavy (non-hydrogen) atoms. The first-order chi connectivity index (χ1) is 17.1. The van der Waals surface area contributed by atoms with Crippen LogP contribution in [-0.4, -0.2) is 43.8 Å². The summed E-state index contributed by atoms with van der Waals surface area (Å²) in [7, 11) is 1.62. The number of nitrogens with two attached hydrogens (primary N) is 1. The zero-order valence-electron chi connectivity index (χ0n) is 19.4. The smallest absolute Gasteiger partial charge is 0.254 e. The molecule has 1 saturated heterocycles. The van der Waals surface area contributed by atoms with Gasteiger partial charge in [-0.2, -0.15) is 0 Å². The number of aromatic nitrogens is 4. The number of nitrogen functional groups attached to an aromatic ring is 1. The largest absolute Gasteiger partial charge is 0.497 e. The molecule has 0 spiro atoms. The van der Waals surface area contributed by atoms with Crippen LogP contribution in [0.15, 0.2) is 67.0 Å². The number of benzene rings is 2. The molecule has 0 saturated carbocycles. The third kappa shape index (κ3) is 3.58.